The van der Waals surface area contributed by atoms with Crippen LogP contribution in [0.1, 0.15) is 105 Å². The molecule has 0 radical (unpaired) electrons. The highest BCUT2D eigenvalue weighted by Gasteiger charge is 2.55. The molecule has 3 amide bonds. The average molecular weight is 781 g/mol. The van der Waals surface area contributed by atoms with Crippen molar-refractivity contribution in [2.75, 3.05) is 20.2 Å². The van der Waals surface area contributed by atoms with E-state index < -0.39 is 26.1 Å². The molecule has 0 bridgehead atoms. The number of alkyl halides is 1. The molecule has 3 saturated carbocycles. The van der Waals surface area contributed by atoms with E-state index in [1.54, 1.807) is 4.90 Å². The van der Waals surface area contributed by atoms with Crippen LogP contribution in [0, 0.1) is 17.8 Å². The second-order valence-electron chi connectivity index (χ2n) is 18.2. The summed E-state index contributed by atoms with van der Waals surface area (Å²) in [5.74, 6) is 0.318. The quantitative estimate of drug-likeness (QED) is 0.131. The molecular formula is C38H66ClN7O6Si. The Morgan fingerprint density at radius 3 is 2.38 bits per heavy atom. The van der Waals surface area contributed by atoms with E-state index in [1.807, 2.05) is 41.0 Å². The molecule has 10 atom stereocenters. The fourth-order valence-corrected chi connectivity index (χ4v) is 13.2. The van der Waals surface area contributed by atoms with Gasteiger partial charge >= 0.3 is 6.09 Å². The Morgan fingerprint density at radius 1 is 0.981 bits per heavy atom. The average Bonchev–Trinajstić information content (AvgIpc) is 3.64. The zero-order valence-corrected chi connectivity index (χ0v) is 34.8. The molecule has 53 heavy (non-hydrogen) atoms. The van der Waals surface area contributed by atoms with Crippen molar-refractivity contribution in [2.24, 2.45) is 22.7 Å². The van der Waals surface area contributed by atoms with Crippen LogP contribution in [0.3, 0.4) is 0 Å². The zero-order valence-electron chi connectivity index (χ0n) is 33.0. The van der Waals surface area contributed by atoms with E-state index in [0.717, 1.165) is 64.2 Å². The lowest BCUT2D eigenvalue weighted by molar-refractivity contribution is -0.126. The number of fused-ring (bicyclic) bond motifs is 4. The molecule has 3 heterocycles. The number of carbonyl (C=O) groups is 3. The third-order valence-electron chi connectivity index (χ3n) is 13.0. The summed E-state index contributed by atoms with van der Waals surface area (Å²) in [6.07, 6.45) is 10.00. The van der Waals surface area contributed by atoms with Crippen LogP contribution in [-0.2, 0) is 19.1 Å². The van der Waals surface area contributed by atoms with Gasteiger partial charge in [-0.25, -0.2) is 15.6 Å². The summed E-state index contributed by atoms with van der Waals surface area (Å²) < 4.78 is 11.7. The number of hydrazine groups is 1. The Bertz CT molecular complexity index is 1350. The number of hydrogen-bond acceptors (Lipinski definition) is 10. The topological polar surface area (TPSA) is 157 Å². The molecule has 3 aliphatic carbocycles. The van der Waals surface area contributed by atoms with Crippen molar-refractivity contribution in [1.82, 2.24) is 31.3 Å². The Morgan fingerprint density at radius 2 is 1.70 bits per heavy atom. The van der Waals surface area contributed by atoms with Crippen molar-refractivity contribution in [3.63, 3.8) is 0 Å². The minimum Gasteiger partial charge on any atom is -0.444 e. The number of ether oxygens (including phenoxy) is 2. The van der Waals surface area contributed by atoms with E-state index >= 15 is 0 Å². The number of hydrogen-bond donors (Lipinski definition) is 5. The van der Waals surface area contributed by atoms with Crippen molar-refractivity contribution in [2.45, 2.75) is 177 Å². The summed E-state index contributed by atoms with van der Waals surface area (Å²) >= 11 is 6.55. The van der Waals surface area contributed by atoms with Crippen LogP contribution in [0.25, 0.3) is 0 Å². The van der Waals surface area contributed by atoms with Gasteiger partial charge in [0.05, 0.1) is 30.9 Å². The Balaban J connectivity index is 1.11. The molecular weight excluding hydrogens is 714 g/mol. The minimum absolute atomic E-state index is 0.0542. The molecule has 13 nitrogen and oxygen atoms in total. The second kappa shape index (κ2) is 16.7. The monoisotopic (exact) mass is 779 g/mol. The van der Waals surface area contributed by atoms with Gasteiger partial charge in [-0.05, 0) is 116 Å². The van der Waals surface area contributed by atoms with Gasteiger partial charge in [-0.2, -0.15) is 0 Å². The van der Waals surface area contributed by atoms with Gasteiger partial charge in [0, 0.05) is 49.3 Å². The fourth-order valence-electron chi connectivity index (χ4n) is 10.6. The molecule has 5 fully saturated rings. The van der Waals surface area contributed by atoms with Crippen LogP contribution >= 0.6 is 11.6 Å². The maximum Gasteiger partial charge on any atom is 0.411 e. The van der Waals surface area contributed by atoms with Gasteiger partial charge in [0.25, 0.3) is 0 Å². The standard InChI is InChI=1S/C38H66ClN7O6Si/c1-22-43-44-35-28(42-34(23-11-13-24(39)14-12-23)27-19-25(51-5)15-16-30(27)45(22)35)21-33(47)40-17-18-41-36(48)31-20-26-29(9-8-10-32(26)53(6,7)50)46(31)37(49)52-38(2,3)4/h22-32,35,43-44,50H,8-21H2,1-7H3,(H,40,47)(H,41,48)/t22?,23?,24?,25?,26?,27?,28-,29?,30?,31?,32?,35?/m0/s1. The van der Waals surface area contributed by atoms with Gasteiger partial charge in [0.1, 0.15) is 11.6 Å². The number of methoxy groups -OCH3 is 1. The highest BCUT2D eigenvalue weighted by atomic mass is 35.5. The maximum absolute atomic E-state index is 13.8. The van der Waals surface area contributed by atoms with Crippen molar-refractivity contribution >= 4 is 43.5 Å². The molecule has 2 saturated heterocycles. The summed E-state index contributed by atoms with van der Waals surface area (Å²) in [6, 6.07) is -0.803. The van der Waals surface area contributed by atoms with E-state index in [2.05, 4.69) is 33.3 Å². The van der Waals surface area contributed by atoms with E-state index in [9.17, 15) is 19.2 Å². The summed E-state index contributed by atoms with van der Waals surface area (Å²) in [5.41, 5.74) is 7.57. The van der Waals surface area contributed by atoms with Gasteiger partial charge in [-0.1, -0.05) is 12.8 Å². The number of aliphatic imine (C=N–C) groups is 1. The minimum atomic E-state index is -2.52. The highest BCUT2D eigenvalue weighted by Crippen LogP contribution is 2.50. The highest BCUT2D eigenvalue weighted by molar-refractivity contribution is 6.71. The predicted octanol–water partition coefficient (Wildman–Crippen LogP) is 4.24. The number of likely N-dealkylation sites (tertiary alicyclic amines) is 1. The molecule has 0 aromatic heterocycles. The number of nitrogens with zero attached hydrogens (tertiary/aromatic N) is 3. The lowest BCUT2D eigenvalue weighted by atomic mass is 9.72. The van der Waals surface area contributed by atoms with Crippen molar-refractivity contribution in [1.29, 1.82) is 0 Å². The summed E-state index contributed by atoms with van der Waals surface area (Å²) in [6.45, 7) is 12.1. The predicted molar refractivity (Wildman–Crippen MR) is 208 cm³/mol. The molecule has 0 spiro atoms. The Labute approximate surface area is 322 Å². The van der Waals surface area contributed by atoms with Gasteiger partial charge in [0.15, 0.2) is 8.32 Å². The molecule has 0 aromatic rings. The largest absolute Gasteiger partial charge is 0.444 e. The number of amides is 3. The smallest absolute Gasteiger partial charge is 0.411 e. The zero-order chi connectivity index (χ0) is 38.2. The second-order valence-corrected chi connectivity index (χ2v) is 22.8. The van der Waals surface area contributed by atoms with Crippen molar-refractivity contribution in [3.05, 3.63) is 0 Å². The number of halogens is 1. The summed E-state index contributed by atoms with van der Waals surface area (Å²) in [4.78, 5) is 61.8. The van der Waals surface area contributed by atoms with Crippen LogP contribution < -0.4 is 21.5 Å². The van der Waals surface area contributed by atoms with Gasteiger partial charge in [-0.3, -0.25) is 24.4 Å². The van der Waals surface area contributed by atoms with E-state index in [4.69, 9.17) is 26.1 Å². The molecule has 5 N–H and O–H groups in total. The Hall–Kier alpha value is -1.81. The third-order valence-corrected chi connectivity index (χ3v) is 16.0. The number of carbonyl (C=O) groups excluding carboxylic acids is 3. The van der Waals surface area contributed by atoms with Crippen LogP contribution in [0.2, 0.25) is 18.6 Å². The molecule has 3 aliphatic heterocycles. The fraction of sp³-hybridized carbons (Fsp3) is 0.895. The van der Waals surface area contributed by atoms with Crippen molar-refractivity contribution < 1.29 is 28.7 Å². The van der Waals surface area contributed by atoms with E-state index in [1.165, 1.54) is 5.71 Å². The summed E-state index contributed by atoms with van der Waals surface area (Å²) in [7, 11) is -0.708. The maximum atomic E-state index is 13.8. The van der Waals surface area contributed by atoms with Gasteiger partial charge in [-0.15, -0.1) is 11.6 Å². The normalized spacial score (nSPS) is 37.8. The first-order valence-electron chi connectivity index (χ1n) is 20.4. The molecule has 15 heteroatoms. The first-order valence-corrected chi connectivity index (χ1v) is 23.8. The van der Waals surface area contributed by atoms with Crippen molar-refractivity contribution in [3.8, 4) is 0 Å². The van der Waals surface area contributed by atoms with Gasteiger partial charge in [0.2, 0.25) is 11.8 Å². The molecule has 0 aromatic carbocycles. The molecule has 300 valence electrons. The number of nitrogens with one attached hydrogen (secondary N) is 4. The SMILES string of the molecule is COC1CCC2C(C1)C(C1CCC(Cl)CC1)=N[C@@H](CC(=O)NCCNC(=O)C1CC3C(CCCC3[Si](C)(C)O)N1C(=O)OC(C)(C)C)C1NNC(C)N21. The molecule has 9 unspecified atom stereocenters. The van der Waals surface area contributed by atoms with E-state index in [0.29, 0.717) is 18.4 Å². The first kappa shape index (κ1) is 40.8. The van der Waals surface area contributed by atoms with Gasteiger partial charge < -0.3 is 24.9 Å². The molecule has 6 aliphatic rings. The lowest BCUT2D eigenvalue weighted by Gasteiger charge is -2.44. The van der Waals surface area contributed by atoms with Crippen LogP contribution in [-0.4, -0.2) is 120 Å². The van der Waals surface area contributed by atoms with Crippen LogP contribution in [0.15, 0.2) is 4.99 Å². The van der Waals surface area contributed by atoms with E-state index in [-0.39, 0.29) is 84.6 Å². The number of rotatable bonds is 9. The van der Waals surface area contributed by atoms with Crippen LogP contribution in [0.5, 0.6) is 0 Å². The first-order chi connectivity index (χ1) is 25.1. The Kier molecular flexibility index (Phi) is 12.9. The lowest BCUT2D eigenvalue weighted by Crippen LogP contribution is -2.55. The molecule has 6 rings (SSSR count). The summed E-state index contributed by atoms with van der Waals surface area (Å²) in [5, 5.41) is 6.27. The van der Waals surface area contributed by atoms with Crippen LogP contribution in [0.4, 0.5) is 4.79 Å². The third kappa shape index (κ3) is 9.26.